The van der Waals surface area contributed by atoms with E-state index in [1.807, 2.05) is 6.07 Å². The lowest BCUT2D eigenvalue weighted by Gasteiger charge is -2.17. The topological polar surface area (TPSA) is 38.0 Å². The van der Waals surface area contributed by atoms with Gasteiger partial charge in [0.2, 0.25) is 0 Å². The van der Waals surface area contributed by atoms with Crippen molar-refractivity contribution in [3.63, 3.8) is 0 Å². The van der Waals surface area contributed by atoms with Gasteiger partial charge in [0.15, 0.2) is 0 Å². The summed E-state index contributed by atoms with van der Waals surface area (Å²) in [4.78, 5) is 0. The van der Waals surface area contributed by atoms with Crippen molar-refractivity contribution in [2.75, 3.05) is 13.1 Å². The lowest BCUT2D eigenvalue weighted by Crippen LogP contribution is -2.29. The number of benzene rings is 1. The Hall–Kier alpha value is -0.860. The monoisotopic (exact) mass is 220 g/mol. The molecule has 0 heterocycles. The van der Waals surface area contributed by atoms with Gasteiger partial charge in [0.25, 0.3) is 0 Å². The largest absolute Gasteiger partial charge is 0.330 e. The molecule has 1 rings (SSSR count). The van der Waals surface area contributed by atoms with Crippen LogP contribution in [0.15, 0.2) is 30.3 Å². The third kappa shape index (κ3) is 5.29. The molecule has 0 saturated carbocycles. The van der Waals surface area contributed by atoms with E-state index >= 15 is 0 Å². The van der Waals surface area contributed by atoms with Crippen LogP contribution in [0.4, 0.5) is 0 Å². The zero-order valence-corrected chi connectivity index (χ0v) is 10.4. The van der Waals surface area contributed by atoms with E-state index in [-0.39, 0.29) is 0 Å². The van der Waals surface area contributed by atoms with Crippen molar-refractivity contribution in [2.45, 2.75) is 26.8 Å². The Morgan fingerprint density at radius 3 is 2.44 bits per heavy atom. The number of hydrogen-bond donors (Lipinski definition) is 2. The van der Waals surface area contributed by atoms with Crippen molar-refractivity contribution in [3.05, 3.63) is 35.9 Å². The van der Waals surface area contributed by atoms with E-state index in [0.717, 1.165) is 25.6 Å². The molecule has 0 saturated heterocycles. The van der Waals surface area contributed by atoms with E-state index in [4.69, 9.17) is 5.73 Å². The van der Waals surface area contributed by atoms with E-state index in [1.54, 1.807) is 0 Å². The molecule has 90 valence electrons. The second-order valence-corrected chi connectivity index (χ2v) is 4.85. The molecule has 1 unspecified atom stereocenters. The van der Waals surface area contributed by atoms with Crippen LogP contribution >= 0.6 is 0 Å². The lowest BCUT2D eigenvalue weighted by atomic mass is 9.97. The normalized spacial score (nSPS) is 13.0. The second-order valence-electron chi connectivity index (χ2n) is 4.85. The standard InChI is InChI=1S/C14H24N2/c1-12(2)8-14(9-15)11-16-10-13-6-4-3-5-7-13/h3-7,12,14,16H,8-11,15H2,1-2H3. The highest BCUT2D eigenvalue weighted by Gasteiger charge is 2.08. The Kier molecular flexibility index (Phi) is 6.12. The fraction of sp³-hybridized carbons (Fsp3) is 0.571. The summed E-state index contributed by atoms with van der Waals surface area (Å²) >= 11 is 0. The first-order chi connectivity index (χ1) is 7.72. The van der Waals surface area contributed by atoms with Crippen molar-refractivity contribution in [1.29, 1.82) is 0 Å². The highest BCUT2D eigenvalue weighted by Crippen LogP contribution is 2.09. The Morgan fingerprint density at radius 2 is 1.88 bits per heavy atom. The van der Waals surface area contributed by atoms with Crippen molar-refractivity contribution >= 4 is 0 Å². The number of nitrogens with one attached hydrogen (secondary N) is 1. The minimum atomic E-state index is 0.601. The molecule has 0 fully saturated rings. The van der Waals surface area contributed by atoms with Gasteiger partial charge in [-0.15, -0.1) is 0 Å². The van der Waals surface area contributed by atoms with Gasteiger partial charge in [-0.25, -0.2) is 0 Å². The summed E-state index contributed by atoms with van der Waals surface area (Å²) < 4.78 is 0. The van der Waals surface area contributed by atoms with Gasteiger partial charge in [-0.1, -0.05) is 44.2 Å². The average molecular weight is 220 g/mol. The summed E-state index contributed by atoms with van der Waals surface area (Å²) in [5.74, 6) is 1.33. The fourth-order valence-corrected chi connectivity index (χ4v) is 1.95. The van der Waals surface area contributed by atoms with Crippen LogP contribution in [0.5, 0.6) is 0 Å². The molecule has 2 heteroatoms. The molecular formula is C14H24N2. The van der Waals surface area contributed by atoms with Crippen LogP contribution in [0, 0.1) is 11.8 Å². The molecule has 0 radical (unpaired) electrons. The fourth-order valence-electron chi connectivity index (χ4n) is 1.95. The van der Waals surface area contributed by atoms with Crippen LogP contribution < -0.4 is 11.1 Å². The molecule has 0 aliphatic heterocycles. The minimum Gasteiger partial charge on any atom is -0.330 e. The third-order valence-electron chi connectivity index (χ3n) is 2.74. The first-order valence-corrected chi connectivity index (χ1v) is 6.17. The van der Waals surface area contributed by atoms with Crippen molar-refractivity contribution < 1.29 is 0 Å². The predicted octanol–water partition coefficient (Wildman–Crippen LogP) is 2.40. The van der Waals surface area contributed by atoms with Gasteiger partial charge in [0.05, 0.1) is 0 Å². The summed E-state index contributed by atoms with van der Waals surface area (Å²) in [6, 6.07) is 10.5. The van der Waals surface area contributed by atoms with Gasteiger partial charge in [-0.05, 0) is 36.9 Å². The van der Waals surface area contributed by atoms with E-state index in [1.165, 1.54) is 12.0 Å². The first-order valence-electron chi connectivity index (χ1n) is 6.17. The summed E-state index contributed by atoms with van der Waals surface area (Å²) in [7, 11) is 0. The molecule has 0 spiro atoms. The first kappa shape index (κ1) is 13.2. The number of hydrogen-bond acceptors (Lipinski definition) is 2. The van der Waals surface area contributed by atoms with E-state index in [0.29, 0.717) is 5.92 Å². The molecule has 3 N–H and O–H groups in total. The predicted molar refractivity (Wildman–Crippen MR) is 70.1 cm³/mol. The quantitative estimate of drug-likeness (QED) is 0.740. The zero-order chi connectivity index (χ0) is 11.8. The smallest absolute Gasteiger partial charge is 0.0205 e. The molecule has 1 atom stereocenters. The van der Waals surface area contributed by atoms with Gasteiger partial charge in [0, 0.05) is 6.54 Å². The third-order valence-corrected chi connectivity index (χ3v) is 2.74. The van der Waals surface area contributed by atoms with Gasteiger partial charge in [0.1, 0.15) is 0 Å². The summed E-state index contributed by atoms with van der Waals surface area (Å²) in [6.07, 6.45) is 1.21. The number of nitrogens with two attached hydrogens (primary N) is 1. The summed E-state index contributed by atoms with van der Waals surface area (Å²) in [6.45, 7) is 7.23. The molecule has 0 aliphatic rings. The Labute approximate surface area is 99.2 Å². The van der Waals surface area contributed by atoms with Crippen LogP contribution in [0.2, 0.25) is 0 Å². The number of rotatable bonds is 7. The Bertz CT molecular complexity index is 269. The average Bonchev–Trinajstić information content (AvgIpc) is 2.28. The summed E-state index contributed by atoms with van der Waals surface area (Å²) in [5.41, 5.74) is 7.10. The SMILES string of the molecule is CC(C)CC(CN)CNCc1ccccc1. The lowest BCUT2D eigenvalue weighted by molar-refractivity contribution is 0.394. The maximum absolute atomic E-state index is 5.76. The molecular weight excluding hydrogens is 196 g/mol. The highest BCUT2D eigenvalue weighted by atomic mass is 14.9. The Morgan fingerprint density at radius 1 is 1.19 bits per heavy atom. The molecule has 1 aromatic rings. The van der Waals surface area contributed by atoms with Crippen LogP contribution in [-0.2, 0) is 6.54 Å². The van der Waals surface area contributed by atoms with Crippen LogP contribution in [0.25, 0.3) is 0 Å². The van der Waals surface area contributed by atoms with Crippen molar-refractivity contribution in [3.8, 4) is 0 Å². The van der Waals surface area contributed by atoms with Gasteiger partial charge >= 0.3 is 0 Å². The van der Waals surface area contributed by atoms with Crippen molar-refractivity contribution in [2.24, 2.45) is 17.6 Å². The maximum atomic E-state index is 5.76. The van der Waals surface area contributed by atoms with Crippen molar-refractivity contribution in [1.82, 2.24) is 5.32 Å². The minimum absolute atomic E-state index is 0.601. The van der Waals surface area contributed by atoms with Gasteiger partial charge in [-0.3, -0.25) is 0 Å². The molecule has 0 aromatic heterocycles. The second kappa shape index (κ2) is 7.42. The summed E-state index contributed by atoms with van der Waals surface area (Å²) in [5, 5.41) is 3.48. The molecule has 0 aliphatic carbocycles. The van der Waals surface area contributed by atoms with Gasteiger partial charge in [-0.2, -0.15) is 0 Å². The van der Waals surface area contributed by atoms with Crippen LogP contribution in [-0.4, -0.2) is 13.1 Å². The van der Waals surface area contributed by atoms with E-state index < -0.39 is 0 Å². The van der Waals surface area contributed by atoms with Crippen LogP contribution in [0.1, 0.15) is 25.8 Å². The van der Waals surface area contributed by atoms with Crippen LogP contribution in [0.3, 0.4) is 0 Å². The molecule has 1 aromatic carbocycles. The van der Waals surface area contributed by atoms with E-state index in [9.17, 15) is 0 Å². The molecule has 16 heavy (non-hydrogen) atoms. The Balaban J connectivity index is 2.23. The van der Waals surface area contributed by atoms with Gasteiger partial charge < -0.3 is 11.1 Å². The zero-order valence-electron chi connectivity index (χ0n) is 10.4. The van der Waals surface area contributed by atoms with E-state index in [2.05, 4.69) is 43.4 Å². The highest BCUT2D eigenvalue weighted by molar-refractivity contribution is 5.14. The maximum Gasteiger partial charge on any atom is 0.0205 e. The molecule has 0 amide bonds. The molecule has 2 nitrogen and oxygen atoms in total. The molecule has 0 bridgehead atoms.